The summed E-state index contributed by atoms with van der Waals surface area (Å²) in [7, 11) is -2.25. The van der Waals surface area contributed by atoms with E-state index in [1.807, 2.05) is 36.4 Å². The number of amides is 2. The van der Waals surface area contributed by atoms with E-state index < -0.39 is 28.5 Å². The molecule has 0 saturated carbocycles. The molecule has 180 valence electrons. The first kappa shape index (κ1) is 26.9. The first-order valence-electron chi connectivity index (χ1n) is 10.6. The number of rotatable bonds is 8. The van der Waals surface area contributed by atoms with Gasteiger partial charge in [0.15, 0.2) is 0 Å². The minimum Gasteiger partial charge on any atom is -0.357 e. The van der Waals surface area contributed by atoms with Crippen LogP contribution in [-0.2, 0) is 31.6 Å². The highest BCUT2D eigenvalue weighted by atomic mass is 79.9. The molecule has 0 unspecified atom stereocenters. The summed E-state index contributed by atoms with van der Waals surface area (Å²) in [6.45, 7) is 7.59. The Balaban J connectivity index is 2.37. The number of hydrogen-bond donors (Lipinski definition) is 1. The fraction of sp³-hybridized carbons (Fsp3) is 0.417. The standard InChI is InChI=1S/C24H32BrN3O4S/c1-17(23(30)26-5)27(15-18-7-11-20(25)12-8-18)22(29)16-28(33(6,31)32)21-13-9-19(10-14-21)24(2,3)4/h7-14,17H,15-16H2,1-6H3,(H,26,30)/t17-/m0/s1. The third-order valence-electron chi connectivity index (χ3n) is 5.38. The number of nitrogens with one attached hydrogen (secondary N) is 1. The van der Waals surface area contributed by atoms with E-state index in [0.29, 0.717) is 5.69 Å². The van der Waals surface area contributed by atoms with Crippen LogP contribution in [-0.4, -0.2) is 51.0 Å². The van der Waals surface area contributed by atoms with Gasteiger partial charge in [-0.1, -0.05) is 61.0 Å². The summed E-state index contributed by atoms with van der Waals surface area (Å²) in [6.07, 6.45) is 1.07. The Hall–Kier alpha value is -2.39. The van der Waals surface area contributed by atoms with Crippen molar-refractivity contribution in [3.63, 3.8) is 0 Å². The van der Waals surface area contributed by atoms with Crippen LogP contribution in [0, 0.1) is 0 Å². The van der Waals surface area contributed by atoms with Crippen LogP contribution in [0.2, 0.25) is 0 Å². The molecule has 2 aromatic carbocycles. The lowest BCUT2D eigenvalue weighted by Gasteiger charge is -2.31. The SMILES string of the molecule is CNC(=O)[C@H](C)N(Cc1ccc(Br)cc1)C(=O)CN(c1ccc(C(C)(C)C)cc1)S(C)(=O)=O. The number of halogens is 1. The molecule has 0 aliphatic rings. The molecule has 0 saturated heterocycles. The van der Waals surface area contributed by atoms with Crippen molar-refractivity contribution in [3.8, 4) is 0 Å². The van der Waals surface area contributed by atoms with Crippen molar-refractivity contribution in [1.82, 2.24) is 10.2 Å². The summed E-state index contributed by atoms with van der Waals surface area (Å²) in [4.78, 5) is 27.1. The van der Waals surface area contributed by atoms with Crippen LogP contribution >= 0.6 is 15.9 Å². The van der Waals surface area contributed by atoms with Gasteiger partial charge in [0.25, 0.3) is 0 Å². The molecular formula is C24H32BrN3O4S. The molecule has 7 nitrogen and oxygen atoms in total. The molecule has 2 amide bonds. The molecule has 2 rings (SSSR count). The van der Waals surface area contributed by atoms with Crippen molar-refractivity contribution in [2.75, 3.05) is 24.2 Å². The lowest BCUT2D eigenvalue weighted by molar-refractivity contribution is -0.139. The highest BCUT2D eigenvalue weighted by Gasteiger charge is 2.29. The first-order chi connectivity index (χ1) is 15.2. The molecule has 0 spiro atoms. The zero-order valence-electron chi connectivity index (χ0n) is 19.9. The van der Waals surface area contributed by atoms with Crippen LogP contribution in [0.5, 0.6) is 0 Å². The topological polar surface area (TPSA) is 86.8 Å². The van der Waals surface area contributed by atoms with Crippen LogP contribution in [0.1, 0.15) is 38.8 Å². The zero-order chi connectivity index (χ0) is 25.0. The lowest BCUT2D eigenvalue weighted by atomic mass is 9.87. The Kier molecular flexibility index (Phi) is 8.70. The second kappa shape index (κ2) is 10.7. The molecule has 1 N–H and O–H groups in total. The quantitative estimate of drug-likeness (QED) is 0.556. The molecule has 2 aromatic rings. The number of nitrogens with zero attached hydrogens (tertiary/aromatic N) is 2. The van der Waals surface area contributed by atoms with E-state index in [-0.39, 0.29) is 17.9 Å². The number of benzene rings is 2. The second-order valence-electron chi connectivity index (χ2n) is 9.00. The van der Waals surface area contributed by atoms with Crippen molar-refractivity contribution in [3.05, 3.63) is 64.1 Å². The van der Waals surface area contributed by atoms with Gasteiger partial charge in [-0.05, 0) is 47.7 Å². The molecule has 9 heteroatoms. The van der Waals surface area contributed by atoms with Crippen LogP contribution in [0.4, 0.5) is 5.69 Å². The monoisotopic (exact) mass is 537 g/mol. The molecule has 0 aliphatic heterocycles. The van der Waals surface area contributed by atoms with E-state index in [1.165, 1.54) is 11.9 Å². The van der Waals surface area contributed by atoms with E-state index in [2.05, 4.69) is 42.0 Å². The maximum Gasteiger partial charge on any atom is 0.244 e. The summed E-state index contributed by atoms with van der Waals surface area (Å²) in [5.74, 6) is -0.805. The van der Waals surface area contributed by atoms with Gasteiger partial charge < -0.3 is 10.2 Å². The van der Waals surface area contributed by atoms with E-state index in [4.69, 9.17) is 0 Å². The average Bonchev–Trinajstić information content (AvgIpc) is 2.74. The molecular weight excluding hydrogens is 506 g/mol. The Morgan fingerprint density at radius 3 is 2.03 bits per heavy atom. The zero-order valence-corrected chi connectivity index (χ0v) is 22.3. The third-order valence-corrected chi connectivity index (χ3v) is 7.05. The van der Waals surface area contributed by atoms with Gasteiger partial charge >= 0.3 is 0 Å². The Morgan fingerprint density at radius 1 is 1.03 bits per heavy atom. The van der Waals surface area contributed by atoms with Crippen LogP contribution in [0.25, 0.3) is 0 Å². The Bertz CT molecular complexity index is 1080. The number of likely N-dealkylation sites (N-methyl/N-ethyl adjacent to an activating group) is 1. The van der Waals surface area contributed by atoms with Gasteiger partial charge in [0.1, 0.15) is 12.6 Å². The first-order valence-corrected chi connectivity index (χ1v) is 13.2. The van der Waals surface area contributed by atoms with E-state index in [9.17, 15) is 18.0 Å². The van der Waals surface area contributed by atoms with Crippen LogP contribution in [0.15, 0.2) is 53.0 Å². The second-order valence-corrected chi connectivity index (χ2v) is 11.8. The number of carbonyl (C=O) groups excluding carboxylic acids is 2. The van der Waals surface area contributed by atoms with Crippen LogP contribution in [0.3, 0.4) is 0 Å². The number of sulfonamides is 1. The minimum atomic E-state index is -3.75. The summed E-state index contributed by atoms with van der Waals surface area (Å²) in [5.41, 5.74) is 2.18. The Morgan fingerprint density at radius 2 is 1.58 bits per heavy atom. The van der Waals surface area contributed by atoms with Gasteiger partial charge in [0, 0.05) is 18.1 Å². The van der Waals surface area contributed by atoms with E-state index in [1.54, 1.807) is 19.1 Å². The van der Waals surface area contributed by atoms with Gasteiger partial charge in [0.2, 0.25) is 21.8 Å². The number of anilines is 1. The summed E-state index contributed by atoms with van der Waals surface area (Å²) in [6, 6.07) is 13.8. The lowest BCUT2D eigenvalue weighted by Crippen LogP contribution is -2.50. The van der Waals surface area contributed by atoms with Crippen molar-refractivity contribution < 1.29 is 18.0 Å². The molecule has 0 bridgehead atoms. The molecule has 0 aromatic heterocycles. The van der Waals surface area contributed by atoms with E-state index >= 15 is 0 Å². The Labute approximate surface area is 205 Å². The van der Waals surface area contributed by atoms with Crippen molar-refractivity contribution in [2.24, 2.45) is 0 Å². The molecule has 1 atom stereocenters. The van der Waals surface area contributed by atoms with Gasteiger partial charge in [-0.25, -0.2) is 8.42 Å². The molecule has 0 fully saturated rings. The predicted octanol–water partition coefficient (Wildman–Crippen LogP) is 3.68. The summed E-state index contributed by atoms with van der Waals surface area (Å²) in [5, 5.41) is 2.56. The summed E-state index contributed by atoms with van der Waals surface area (Å²) >= 11 is 3.38. The maximum absolute atomic E-state index is 13.4. The van der Waals surface area contributed by atoms with Crippen molar-refractivity contribution in [2.45, 2.75) is 45.7 Å². The fourth-order valence-corrected chi connectivity index (χ4v) is 4.43. The highest BCUT2D eigenvalue weighted by molar-refractivity contribution is 9.10. The van der Waals surface area contributed by atoms with Gasteiger partial charge in [-0.15, -0.1) is 0 Å². The van der Waals surface area contributed by atoms with Gasteiger partial charge in [-0.2, -0.15) is 0 Å². The largest absolute Gasteiger partial charge is 0.357 e. The van der Waals surface area contributed by atoms with Crippen molar-refractivity contribution >= 4 is 43.5 Å². The number of hydrogen-bond acceptors (Lipinski definition) is 4. The molecule has 0 radical (unpaired) electrons. The predicted molar refractivity (Wildman–Crippen MR) is 136 cm³/mol. The third kappa shape index (κ3) is 7.30. The van der Waals surface area contributed by atoms with Crippen LogP contribution < -0.4 is 9.62 Å². The summed E-state index contributed by atoms with van der Waals surface area (Å²) < 4.78 is 27.2. The smallest absolute Gasteiger partial charge is 0.244 e. The van der Waals surface area contributed by atoms with Gasteiger partial charge in [-0.3, -0.25) is 13.9 Å². The average molecular weight is 539 g/mol. The molecule has 33 heavy (non-hydrogen) atoms. The molecule has 0 aliphatic carbocycles. The molecule has 0 heterocycles. The minimum absolute atomic E-state index is 0.0886. The normalized spacial score (nSPS) is 12.7. The van der Waals surface area contributed by atoms with E-state index in [0.717, 1.165) is 26.2 Å². The fourth-order valence-electron chi connectivity index (χ4n) is 3.32. The maximum atomic E-state index is 13.4. The van der Waals surface area contributed by atoms with Gasteiger partial charge in [0.05, 0.1) is 11.9 Å². The van der Waals surface area contributed by atoms with Crippen molar-refractivity contribution in [1.29, 1.82) is 0 Å². The number of carbonyl (C=O) groups is 2. The highest BCUT2D eigenvalue weighted by Crippen LogP contribution is 2.26.